The fourth-order valence-corrected chi connectivity index (χ4v) is 1.75. The van der Waals surface area contributed by atoms with E-state index < -0.39 is 11.9 Å². The molecule has 0 unspecified atom stereocenters. The lowest BCUT2D eigenvalue weighted by atomic mass is 10.0. The van der Waals surface area contributed by atoms with Gasteiger partial charge in [-0.1, -0.05) is 0 Å². The molecule has 0 fully saturated rings. The van der Waals surface area contributed by atoms with Crippen molar-refractivity contribution < 1.29 is 23.8 Å². The zero-order valence-electron chi connectivity index (χ0n) is 9.12. The number of carbonyl (C=O) groups excluding carboxylic acids is 2. The Morgan fingerprint density at radius 1 is 1.12 bits per heavy atom. The highest BCUT2D eigenvalue weighted by molar-refractivity contribution is 6.16. The summed E-state index contributed by atoms with van der Waals surface area (Å²) in [6, 6.07) is 1.49. The molecule has 0 atom stereocenters. The fourth-order valence-electron chi connectivity index (χ4n) is 1.75. The van der Waals surface area contributed by atoms with Crippen molar-refractivity contribution in [3.63, 3.8) is 0 Å². The molecule has 5 heteroatoms. The smallest absolute Gasteiger partial charge is 0.350 e. The van der Waals surface area contributed by atoms with E-state index in [0.29, 0.717) is 17.1 Å². The Bertz CT molecular complexity index is 490. The lowest BCUT2D eigenvalue weighted by Crippen LogP contribution is -2.02. The lowest BCUT2D eigenvalue weighted by molar-refractivity contribution is 0.0442. The summed E-state index contributed by atoms with van der Waals surface area (Å²) < 4.78 is 14.7. The Hall–Kier alpha value is -2.04. The molecule has 1 heterocycles. The largest absolute Gasteiger partial charge is 0.496 e. The molecule has 16 heavy (non-hydrogen) atoms. The van der Waals surface area contributed by atoms with E-state index in [1.165, 1.54) is 20.3 Å². The van der Waals surface area contributed by atoms with Gasteiger partial charge in [-0.05, 0) is 13.0 Å². The molecule has 0 bridgehead atoms. The van der Waals surface area contributed by atoms with Crippen LogP contribution in [0.2, 0.25) is 0 Å². The van der Waals surface area contributed by atoms with Gasteiger partial charge in [0.05, 0.1) is 19.8 Å². The van der Waals surface area contributed by atoms with Crippen LogP contribution >= 0.6 is 0 Å². The van der Waals surface area contributed by atoms with E-state index in [1.54, 1.807) is 6.92 Å². The third-order valence-corrected chi connectivity index (χ3v) is 2.52. The van der Waals surface area contributed by atoms with Crippen molar-refractivity contribution in [2.24, 2.45) is 0 Å². The second-order valence-corrected chi connectivity index (χ2v) is 3.34. The number of rotatable bonds is 2. The molecular formula is C11H10O5. The second kappa shape index (κ2) is 3.52. The van der Waals surface area contributed by atoms with E-state index in [4.69, 9.17) is 9.47 Å². The number of hydrogen-bond acceptors (Lipinski definition) is 5. The molecule has 0 aromatic heterocycles. The maximum Gasteiger partial charge on any atom is 0.350 e. The standard InChI is InChI=1S/C11H10O5/c1-5-7(14-2)4-6-8(9(5)15-3)11(13)16-10(6)12/h4H,1-3H3. The zero-order valence-corrected chi connectivity index (χ0v) is 9.12. The SMILES string of the molecule is COc1cc2c(c(OC)c1C)C(=O)OC2=O. The van der Waals surface area contributed by atoms with Crippen LogP contribution in [0, 0.1) is 6.92 Å². The summed E-state index contributed by atoms with van der Waals surface area (Å²) in [6.45, 7) is 1.74. The average Bonchev–Trinajstić information content (AvgIpc) is 2.54. The van der Waals surface area contributed by atoms with Crippen LogP contribution in [0.5, 0.6) is 11.5 Å². The molecule has 1 aliphatic rings. The second-order valence-electron chi connectivity index (χ2n) is 3.34. The van der Waals surface area contributed by atoms with Gasteiger partial charge in [-0.15, -0.1) is 0 Å². The molecule has 0 N–H and O–H groups in total. The van der Waals surface area contributed by atoms with E-state index in [1.807, 2.05) is 0 Å². The van der Waals surface area contributed by atoms with Gasteiger partial charge in [0.1, 0.15) is 17.1 Å². The first-order chi connectivity index (χ1) is 7.60. The molecule has 84 valence electrons. The van der Waals surface area contributed by atoms with Crippen LogP contribution in [0.15, 0.2) is 6.07 Å². The number of fused-ring (bicyclic) bond motifs is 1. The molecular weight excluding hydrogens is 212 g/mol. The molecule has 5 nitrogen and oxygen atoms in total. The first-order valence-electron chi connectivity index (χ1n) is 4.62. The van der Waals surface area contributed by atoms with Crippen LogP contribution in [0.25, 0.3) is 0 Å². The van der Waals surface area contributed by atoms with Crippen LogP contribution in [0.3, 0.4) is 0 Å². The van der Waals surface area contributed by atoms with Crippen LogP contribution in [-0.4, -0.2) is 26.2 Å². The molecule has 0 saturated heterocycles. The van der Waals surface area contributed by atoms with Crippen molar-refractivity contribution in [1.29, 1.82) is 0 Å². The summed E-state index contributed by atoms with van der Waals surface area (Å²) in [7, 11) is 2.91. The van der Waals surface area contributed by atoms with Crippen LogP contribution < -0.4 is 9.47 Å². The van der Waals surface area contributed by atoms with Crippen LogP contribution in [0.4, 0.5) is 0 Å². The Morgan fingerprint density at radius 3 is 2.38 bits per heavy atom. The lowest BCUT2D eigenvalue weighted by Gasteiger charge is -2.11. The normalized spacial score (nSPS) is 13.4. The summed E-state index contributed by atoms with van der Waals surface area (Å²) >= 11 is 0. The van der Waals surface area contributed by atoms with E-state index >= 15 is 0 Å². The van der Waals surface area contributed by atoms with Crippen molar-refractivity contribution in [3.8, 4) is 11.5 Å². The van der Waals surface area contributed by atoms with Crippen molar-refractivity contribution in [3.05, 3.63) is 22.8 Å². The van der Waals surface area contributed by atoms with Gasteiger partial charge in [0, 0.05) is 5.56 Å². The van der Waals surface area contributed by atoms with Gasteiger partial charge >= 0.3 is 11.9 Å². The van der Waals surface area contributed by atoms with Crippen LogP contribution in [0.1, 0.15) is 26.3 Å². The molecule has 1 aliphatic heterocycles. The van der Waals surface area contributed by atoms with E-state index in [9.17, 15) is 9.59 Å². The number of carbonyl (C=O) groups is 2. The summed E-state index contributed by atoms with van der Waals surface area (Å²) in [5, 5.41) is 0. The van der Waals surface area contributed by atoms with Gasteiger partial charge < -0.3 is 14.2 Å². The van der Waals surface area contributed by atoms with Crippen LogP contribution in [-0.2, 0) is 4.74 Å². The minimum Gasteiger partial charge on any atom is -0.496 e. The monoisotopic (exact) mass is 222 g/mol. The highest BCUT2D eigenvalue weighted by Crippen LogP contribution is 2.37. The molecule has 0 radical (unpaired) electrons. The summed E-state index contributed by atoms with van der Waals surface area (Å²) in [4.78, 5) is 22.8. The predicted molar refractivity (Wildman–Crippen MR) is 54.0 cm³/mol. The summed E-state index contributed by atoms with van der Waals surface area (Å²) in [5.74, 6) is -0.536. The molecule has 1 aromatic carbocycles. The fraction of sp³-hybridized carbons (Fsp3) is 0.273. The van der Waals surface area contributed by atoms with Crippen molar-refractivity contribution in [2.75, 3.05) is 14.2 Å². The first-order valence-corrected chi connectivity index (χ1v) is 4.62. The number of esters is 2. The van der Waals surface area contributed by atoms with E-state index in [0.717, 1.165) is 0 Å². The Balaban J connectivity index is 2.77. The molecule has 0 spiro atoms. The number of cyclic esters (lactones) is 2. The number of hydrogen-bond donors (Lipinski definition) is 0. The van der Waals surface area contributed by atoms with Crippen molar-refractivity contribution >= 4 is 11.9 Å². The maximum atomic E-state index is 11.4. The van der Waals surface area contributed by atoms with Gasteiger partial charge in [0.25, 0.3) is 0 Å². The highest BCUT2D eigenvalue weighted by Gasteiger charge is 2.35. The number of ether oxygens (including phenoxy) is 3. The van der Waals surface area contributed by atoms with E-state index in [-0.39, 0.29) is 11.1 Å². The van der Waals surface area contributed by atoms with Gasteiger partial charge in [0.15, 0.2) is 0 Å². The first kappa shape index (κ1) is 10.5. The average molecular weight is 222 g/mol. The quantitative estimate of drug-likeness (QED) is 0.558. The predicted octanol–water partition coefficient (Wildman–Crippen LogP) is 1.32. The Labute approximate surface area is 91.9 Å². The molecule has 0 aliphatic carbocycles. The number of benzene rings is 1. The van der Waals surface area contributed by atoms with Gasteiger partial charge in [-0.3, -0.25) is 0 Å². The summed E-state index contributed by atoms with van der Waals surface area (Å²) in [6.07, 6.45) is 0. The minimum absolute atomic E-state index is 0.172. The number of methoxy groups -OCH3 is 2. The Kier molecular flexibility index (Phi) is 2.30. The van der Waals surface area contributed by atoms with Gasteiger partial charge in [-0.2, -0.15) is 0 Å². The summed E-state index contributed by atoms with van der Waals surface area (Å²) in [5.41, 5.74) is 1.02. The third kappa shape index (κ3) is 1.25. The molecule has 0 saturated carbocycles. The van der Waals surface area contributed by atoms with E-state index in [2.05, 4.69) is 4.74 Å². The maximum absolute atomic E-state index is 11.4. The molecule has 0 amide bonds. The third-order valence-electron chi connectivity index (χ3n) is 2.52. The van der Waals surface area contributed by atoms with Gasteiger partial charge in [-0.25, -0.2) is 9.59 Å². The minimum atomic E-state index is -0.678. The highest BCUT2D eigenvalue weighted by atomic mass is 16.6. The van der Waals surface area contributed by atoms with Crippen molar-refractivity contribution in [1.82, 2.24) is 0 Å². The zero-order chi connectivity index (χ0) is 11.9. The molecule has 2 rings (SSSR count). The van der Waals surface area contributed by atoms with Crippen molar-refractivity contribution in [2.45, 2.75) is 6.92 Å². The Morgan fingerprint density at radius 2 is 1.81 bits per heavy atom. The molecule has 1 aromatic rings. The topological polar surface area (TPSA) is 61.8 Å². The van der Waals surface area contributed by atoms with Gasteiger partial charge in [0.2, 0.25) is 0 Å².